The molecule has 6 nitrogen and oxygen atoms in total. The summed E-state index contributed by atoms with van der Waals surface area (Å²) in [4.78, 5) is 24.2. The molecule has 6 heteroatoms. The smallest absolute Gasteiger partial charge is 0.326 e. The van der Waals surface area contributed by atoms with E-state index in [2.05, 4.69) is 5.32 Å². The molecule has 1 heterocycles. The predicted octanol–water partition coefficient (Wildman–Crippen LogP) is 3.21. The second kappa shape index (κ2) is 7.59. The number of aliphatic carboxylic acids is 1. The van der Waals surface area contributed by atoms with Crippen molar-refractivity contribution in [1.29, 1.82) is 0 Å². The Morgan fingerprint density at radius 3 is 2.48 bits per heavy atom. The highest BCUT2D eigenvalue weighted by molar-refractivity contribution is 6.03. The van der Waals surface area contributed by atoms with E-state index in [0.29, 0.717) is 18.8 Å². The Balaban J connectivity index is 2.51. The standard InChI is InChI=1S/C19H26N2O4/c1-6-21-15-9-8-13(25-7-2)10-14(15)12(5)17(21)18(22)20-16(11(3)4)19(23)24/h8-11,16H,6-7H2,1-5H3,(H,20,22)(H,23,24). The number of carbonyl (C=O) groups is 2. The SMILES string of the molecule is CCOc1ccc2c(c1)c(C)c(C(=O)NC(C(=O)O)C(C)C)n2CC. The van der Waals surface area contributed by atoms with Gasteiger partial charge >= 0.3 is 5.97 Å². The molecule has 1 aromatic heterocycles. The molecule has 25 heavy (non-hydrogen) atoms. The molecule has 1 amide bonds. The summed E-state index contributed by atoms with van der Waals surface area (Å²) in [7, 11) is 0. The molecule has 0 aliphatic heterocycles. The summed E-state index contributed by atoms with van der Waals surface area (Å²) in [6, 6.07) is 4.82. The topological polar surface area (TPSA) is 80.6 Å². The summed E-state index contributed by atoms with van der Waals surface area (Å²) in [5.41, 5.74) is 2.26. The molecule has 0 spiro atoms. The lowest BCUT2D eigenvalue weighted by molar-refractivity contribution is -0.140. The third-order valence-electron chi connectivity index (χ3n) is 4.35. The lowest BCUT2D eigenvalue weighted by atomic mass is 10.0. The molecule has 136 valence electrons. The van der Waals surface area contributed by atoms with Crippen LogP contribution in [0.1, 0.15) is 43.7 Å². The fourth-order valence-corrected chi connectivity index (χ4v) is 3.10. The van der Waals surface area contributed by atoms with Gasteiger partial charge in [-0.3, -0.25) is 4.79 Å². The zero-order valence-corrected chi connectivity index (χ0v) is 15.4. The number of nitrogens with one attached hydrogen (secondary N) is 1. The van der Waals surface area contributed by atoms with Gasteiger partial charge in [0.1, 0.15) is 17.5 Å². The van der Waals surface area contributed by atoms with Crippen LogP contribution in [0, 0.1) is 12.8 Å². The number of hydrogen-bond acceptors (Lipinski definition) is 3. The molecule has 1 atom stereocenters. The van der Waals surface area contributed by atoms with Crippen LogP contribution in [0.25, 0.3) is 10.9 Å². The minimum Gasteiger partial charge on any atom is -0.494 e. The quantitative estimate of drug-likeness (QED) is 0.807. The van der Waals surface area contributed by atoms with E-state index in [4.69, 9.17) is 4.74 Å². The summed E-state index contributed by atoms with van der Waals surface area (Å²) in [6.07, 6.45) is 0. The van der Waals surface area contributed by atoms with Crippen molar-refractivity contribution in [2.45, 2.75) is 47.2 Å². The lowest BCUT2D eigenvalue weighted by Gasteiger charge is -2.19. The minimum absolute atomic E-state index is 0.203. The number of rotatable bonds is 7. The van der Waals surface area contributed by atoms with Gasteiger partial charge in [0, 0.05) is 17.4 Å². The zero-order chi connectivity index (χ0) is 18.7. The second-order valence-corrected chi connectivity index (χ2v) is 6.36. The number of aryl methyl sites for hydroxylation is 2. The van der Waals surface area contributed by atoms with E-state index in [1.807, 2.05) is 43.5 Å². The van der Waals surface area contributed by atoms with Crippen molar-refractivity contribution in [3.8, 4) is 5.75 Å². The average molecular weight is 346 g/mol. The molecule has 2 N–H and O–H groups in total. The molecule has 2 rings (SSSR count). The number of benzene rings is 1. The first-order valence-corrected chi connectivity index (χ1v) is 8.61. The first kappa shape index (κ1) is 18.8. The monoisotopic (exact) mass is 346 g/mol. The highest BCUT2D eigenvalue weighted by Gasteiger charge is 2.27. The van der Waals surface area contributed by atoms with Gasteiger partial charge < -0.3 is 19.7 Å². The average Bonchev–Trinajstić information content (AvgIpc) is 2.84. The largest absolute Gasteiger partial charge is 0.494 e. The lowest BCUT2D eigenvalue weighted by Crippen LogP contribution is -2.45. The van der Waals surface area contributed by atoms with E-state index >= 15 is 0 Å². The molecule has 1 aromatic carbocycles. The number of carboxylic acid groups (broad SMARTS) is 1. The van der Waals surface area contributed by atoms with Gasteiger partial charge in [-0.15, -0.1) is 0 Å². The number of hydrogen-bond donors (Lipinski definition) is 2. The van der Waals surface area contributed by atoms with Crippen molar-refractivity contribution >= 4 is 22.8 Å². The van der Waals surface area contributed by atoms with Crippen LogP contribution in [0.5, 0.6) is 5.75 Å². The maximum absolute atomic E-state index is 12.8. The van der Waals surface area contributed by atoms with Crippen molar-refractivity contribution < 1.29 is 19.4 Å². The Morgan fingerprint density at radius 1 is 1.28 bits per heavy atom. The van der Waals surface area contributed by atoms with Gasteiger partial charge in [-0.1, -0.05) is 13.8 Å². The minimum atomic E-state index is -1.03. The van der Waals surface area contributed by atoms with Crippen molar-refractivity contribution in [3.63, 3.8) is 0 Å². The highest BCUT2D eigenvalue weighted by Crippen LogP contribution is 2.29. The first-order chi connectivity index (χ1) is 11.8. The Morgan fingerprint density at radius 2 is 1.96 bits per heavy atom. The third kappa shape index (κ3) is 3.62. The Kier molecular flexibility index (Phi) is 5.72. The molecule has 0 fully saturated rings. The van der Waals surface area contributed by atoms with Gasteiger partial charge in [0.25, 0.3) is 5.91 Å². The molecular weight excluding hydrogens is 320 g/mol. The number of ether oxygens (including phenoxy) is 1. The van der Waals surface area contributed by atoms with Gasteiger partial charge in [0.15, 0.2) is 0 Å². The van der Waals surface area contributed by atoms with E-state index in [0.717, 1.165) is 22.2 Å². The second-order valence-electron chi connectivity index (χ2n) is 6.36. The molecule has 0 bridgehead atoms. The van der Waals surface area contributed by atoms with Crippen molar-refractivity contribution in [3.05, 3.63) is 29.5 Å². The van der Waals surface area contributed by atoms with Crippen LogP contribution in [0.15, 0.2) is 18.2 Å². The summed E-state index contributed by atoms with van der Waals surface area (Å²) in [5, 5.41) is 12.9. The van der Waals surface area contributed by atoms with Gasteiger partial charge in [0.05, 0.1) is 6.61 Å². The van der Waals surface area contributed by atoms with E-state index in [1.165, 1.54) is 0 Å². The molecule has 0 radical (unpaired) electrons. The van der Waals surface area contributed by atoms with Crippen LogP contribution < -0.4 is 10.1 Å². The van der Waals surface area contributed by atoms with E-state index in [9.17, 15) is 14.7 Å². The zero-order valence-electron chi connectivity index (χ0n) is 15.4. The molecule has 0 aliphatic rings. The Hall–Kier alpha value is -2.50. The fraction of sp³-hybridized carbons (Fsp3) is 0.474. The van der Waals surface area contributed by atoms with Crippen LogP contribution in [-0.2, 0) is 11.3 Å². The number of aromatic nitrogens is 1. The van der Waals surface area contributed by atoms with E-state index in [1.54, 1.807) is 13.8 Å². The van der Waals surface area contributed by atoms with Crippen LogP contribution in [0.4, 0.5) is 0 Å². The first-order valence-electron chi connectivity index (χ1n) is 8.61. The summed E-state index contributed by atoms with van der Waals surface area (Å²) < 4.78 is 7.46. The number of amides is 1. The third-order valence-corrected chi connectivity index (χ3v) is 4.35. The van der Waals surface area contributed by atoms with Crippen LogP contribution in [0.2, 0.25) is 0 Å². The van der Waals surface area contributed by atoms with Crippen LogP contribution >= 0.6 is 0 Å². The number of carboxylic acids is 1. The van der Waals surface area contributed by atoms with Crippen molar-refractivity contribution in [2.24, 2.45) is 5.92 Å². The highest BCUT2D eigenvalue weighted by atomic mass is 16.5. The van der Waals surface area contributed by atoms with E-state index in [-0.39, 0.29) is 11.8 Å². The molecule has 0 saturated heterocycles. The molecular formula is C19H26N2O4. The summed E-state index contributed by atoms with van der Waals surface area (Å²) in [5.74, 6) is -0.844. The maximum atomic E-state index is 12.8. The Bertz CT molecular complexity index is 792. The van der Waals surface area contributed by atoms with Crippen molar-refractivity contribution in [1.82, 2.24) is 9.88 Å². The van der Waals surface area contributed by atoms with Gasteiger partial charge in [-0.05, 0) is 50.5 Å². The van der Waals surface area contributed by atoms with Crippen molar-refractivity contribution in [2.75, 3.05) is 6.61 Å². The van der Waals surface area contributed by atoms with Gasteiger partial charge in [-0.2, -0.15) is 0 Å². The normalized spacial score (nSPS) is 12.4. The number of carbonyl (C=O) groups excluding carboxylic acids is 1. The Labute approximate surface area is 147 Å². The van der Waals surface area contributed by atoms with Gasteiger partial charge in [-0.25, -0.2) is 4.79 Å². The maximum Gasteiger partial charge on any atom is 0.326 e. The molecule has 0 saturated carbocycles. The van der Waals surface area contributed by atoms with Gasteiger partial charge in [0.2, 0.25) is 0 Å². The summed E-state index contributed by atoms with van der Waals surface area (Å²) >= 11 is 0. The predicted molar refractivity (Wildman–Crippen MR) is 97.2 cm³/mol. The number of fused-ring (bicyclic) bond motifs is 1. The van der Waals surface area contributed by atoms with E-state index < -0.39 is 12.0 Å². The molecule has 0 aliphatic carbocycles. The molecule has 2 aromatic rings. The number of nitrogens with zero attached hydrogens (tertiary/aromatic N) is 1. The molecule has 1 unspecified atom stereocenters. The summed E-state index contributed by atoms with van der Waals surface area (Å²) in [6.45, 7) is 10.5. The van der Waals surface area contributed by atoms with Crippen LogP contribution in [0.3, 0.4) is 0 Å². The fourth-order valence-electron chi connectivity index (χ4n) is 3.10. The van der Waals surface area contributed by atoms with Crippen LogP contribution in [-0.4, -0.2) is 34.2 Å².